The van der Waals surface area contributed by atoms with Gasteiger partial charge in [0.1, 0.15) is 6.04 Å². The zero-order valence-corrected chi connectivity index (χ0v) is 14.9. The van der Waals surface area contributed by atoms with Gasteiger partial charge in [-0.25, -0.2) is 0 Å². The van der Waals surface area contributed by atoms with Gasteiger partial charge in [0.25, 0.3) is 5.91 Å². The summed E-state index contributed by atoms with van der Waals surface area (Å²) in [4.78, 5) is 26.6. The van der Waals surface area contributed by atoms with Crippen molar-refractivity contribution in [3.05, 3.63) is 42.0 Å². The highest BCUT2D eigenvalue weighted by molar-refractivity contribution is 5.98. The molecule has 0 aliphatic carbocycles. The minimum absolute atomic E-state index is 0.0801. The molecular weight excluding hydrogens is 332 g/mol. The van der Waals surface area contributed by atoms with Gasteiger partial charge in [0.05, 0.1) is 12.8 Å². The minimum atomic E-state index is -0.380. The highest BCUT2D eigenvalue weighted by atomic mass is 16.5. The molecule has 26 heavy (non-hydrogen) atoms. The van der Waals surface area contributed by atoms with Gasteiger partial charge in [-0.15, -0.1) is 10.2 Å². The normalized spacial score (nSPS) is 16.4. The Morgan fingerprint density at radius 3 is 2.58 bits per heavy atom. The second kappa shape index (κ2) is 7.95. The highest BCUT2D eigenvalue weighted by Gasteiger charge is 2.34. The van der Waals surface area contributed by atoms with Crippen LogP contribution in [0.4, 0.5) is 0 Å². The Hall–Kier alpha value is -2.96. The molecule has 0 spiro atoms. The number of benzene rings is 1. The number of hydrogen-bond acceptors (Lipinski definition) is 5. The molecule has 2 amide bonds. The van der Waals surface area contributed by atoms with Crippen molar-refractivity contribution in [1.29, 1.82) is 0 Å². The molecule has 2 heterocycles. The van der Waals surface area contributed by atoms with Crippen LogP contribution in [0.5, 0.6) is 5.88 Å². The van der Waals surface area contributed by atoms with Crippen LogP contribution in [0.3, 0.4) is 0 Å². The van der Waals surface area contributed by atoms with E-state index >= 15 is 0 Å². The first kappa shape index (κ1) is 17.8. The summed E-state index contributed by atoms with van der Waals surface area (Å²) in [5, 5.41) is 10.9. The molecule has 1 aromatic heterocycles. The molecule has 7 heteroatoms. The maximum Gasteiger partial charge on any atom is 0.254 e. The van der Waals surface area contributed by atoms with Gasteiger partial charge in [-0.3, -0.25) is 9.59 Å². The molecular formula is C19H22N4O3. The van der Waals surface area contributed by atoms with Crippen LogP contribution in [0.15, 0.2) is 36.4 Å². The van der Waals surface area contributed by atoms with E-state index in [1.807, 2.05) is 25.1 Å². The first-order chi connectivity index (χ1) is 12.6. The molecule has 136 valence electrons. The third kappa shape index (κ3) is 3.66. The third-order valence-corrected chi connectivity index (χ3v) is 4.44. The Kier molecular flexibility index (Phi) is 5.46. The van der Waals surface area contributed by atoms with Gasteiger partial charge in [0, 0.05) is 30.3 Å². The number of ether oxygens (including phenoxy) is 1. The van der Waals surface area contributed by atoms with Gasteiger partial charge < -0.3 is 15.0 Å². The smallest absolute Gasteiger partial charge is 0.254 e. The average molecular weight is 354 g/mol. The number of aromatic nitrogens is 2. The van der Waals surface area contributed by atoms with Crippen LogP contribution >= 0.6 is 0 Å². The van der Waals surface area contributed by atoms with Crippen LogP contribution in [-0.4, -0.2) is 53.2 Å². The van der Waals surface area contributed by atoms with Crippen LogP contribution in [0, 0.1) is 0 Å². The number of carbonyl (C=O) groups excluding carboxylic acids is 2. The largest absolute Gasteiger partial charge is 0.480 e. The van der Waals surface area contributed by atoms with Gasteiger partial charge in [-0.05, 0) is 38.0 Å². The van der Waals surface area contributed by atoms with E-state index in [9.17, 15) is 9.59 Å². The average Bonchev–Trinajstić information content (AvgIpc) is 3.18. The summed E-state index contributed by atoms with van der Waals surface area (Å²) >= 11 is 0. The summed E-state index contributed by atoms with van der Waals surface area (Å²) < 4.78 is 5.00. The Labute approximate surface area is 152 Å². The van der Waals surface area contributed by atoms with E-state index in [0.29, 0.717) is 36.6 Å². The number of likely N-dealkylation sites (N-methyl/N-ethyl adjacent to an activating group) is 1. The Balaban J connectivity index is 1.75. The van der Waals surface area contributed by atoms with Crippen LogP contribution < -0.4 is 10.1 Å². The number of methoxy groups -OCH3 is 1. The van der Waals surface area contributed by atoms with Crippen molar-refractivity contribution in [2.24, 2.45) is 0 Å². The van der Waals surface area contributed by atoms with Gasteiger partial charge in [0.15, 0.2) is 0 Å². The van der Waals surface area contributed by atoms with E-state index < -0.39 is 0 Å². The summed E-state index contributed by atoms with van der Waals surface area (Å²) in [6.45, 7) is 3.04. The monoisotopic (exact) mass is 354 g/mol. The van der Waals surface area contributed by atoms with Crippen molar-refractivity contribution in [3.63, 3.8) is 0 Å². The van der Waals surface area contributed by atoms with Crippen molar-refractivity contribution in [2.45, 2.75) is 25.8 Å². The first-order valence-corrected chi connectivity index (χ1v) is 8.71. The molecule has 2 aromatic rings. The van der Waals surface area contributed by atoms with E-state index in [-0.39, 0.29) is 17.9 Å². The Bertz CT molecular complexity index is 774. The summed E-state index contributed by atoms with van der Waals surface area (Å²) in [6.07, 6.45) is 1.55. The van der Waals surface area contributed by atoms with Gasteiger partial charge in [0.2, 0.25) is 11.8 Å². The maximum atomic E-state index is 12.8. The van der Waals surface area contributed by atoms with Crippen molar-refractivity contribution in [1.82, 2.24) is 20.4 Å². The summed E-state index contributed by atoms with van der Waals surface area (Å²) in [5.74, 6) is 0.251. The predicted octanol–water partition coefficient (Wildman–Crippen LogP) is 1.89. The lowest BCUT2D eigenvalue weighted by molar-refractivity contribution is -0.124. The summed E-state index contributed by atoms with van der Waals surface area (Å²) in [5.41, 5.74) is 2.12. The van der Waals surface area contributed by atoms with E-state index in [2.05, 4.69) is 15.5 Å². The first-order valence-electron chi connectivity index (χ1n) is 8.71. The number of rotatable bonds is 5. The zero-order chi connectivity index (χ0) is 18.5. The van der Waals surface area contributed by atoms with E-state index in [1.165, 1.54) is 7.11 Å². The van der Waals surface area contributed by atoms with E-state index in [1.54, 1.807) is 23.1 Å². The maximum absolute atomic E-state index is 12.8. The topological polar surface area (TPSA) is 84.4 Å². The fourth-order valence-corrected chi connectivity index (χ4v) is 3.11. The van der Waals surface area contributed by atoms with Crippen LogP contribution in [-0.2, 0) is 4.79 Å². The number of nitrogens with zero attached hydrogens (tertiary/aromatic N) is 3. The van der Waals surface area contributed by atoms with Gasteiger partial charge in [-0.2, -0.15) is 0 Å². The molecule has 0 unspecified atom stereocenters. The lowest BCUT2D eigenvalue weighted by Gasteiger charge is -2.24. The fraction of sp³-hybridized carbons (Fsp3) is 0.368. The molecule has 0 saturated carbocycles. The number of carbonyl (C=O) groups is 2. The lowest BCUT2D eigenvalue weighted by atomic mass is 10.1. The molecule has 1 fully saturated rings. The highest BCUT2D eigenvalue weighted by Crippen LogP contribution is 2.23. The van der Waals surface area contributed by atoms with Crippen molar-refractivity contribution in [2.75, 3.05) is 20.2 Å². The minimum Gasteiger partial charge on any atom is -0.480 e. The Morgan fingerprint density at radius 2 is 1.96 bits per heavy atom. The zero-order valence-electron chi connectivity index (χ0n) is 14.9. The number of amides is 2. The second-order valence-electron chi connectivity index (χ2n) is 6.09. The number of hydrogen-bond donors (Lipinski definition) is 1. The molecule has 0 bridgehead atoms. The van der Waals surface area contributed by atoms with Crippen molar-refractivity contribution >= 4 is 11.8 Å². The van der Waals surface area contributed by atoms with Crippen LogP contribution in [0.1, 0.15) is 30.1 Å². The van der Waals surface area contributed by atoms with Crippen molar-refractivity contribution < 1.29 is 14.3 Å². The number of nitrogens with one attached hydrogen (secondary N) is 1. The lowest BCUT2D eigenvalue weighted by Crippen LogP contribution is -2.45. The Morgan fingerprint density at radius 1 is 1.19 bits per heavy atom. The van der Waals surface area contributed by atoms with Gasteiger partial charge >= 0.3 is 0 Å². The summed E-state index contributed by atoms with van der Waals surface area (Å²) in [7, 11) is 1.54. The number of likely N-dealkylation sites (tertiary alicyclic amines) is 1. The van der Waals surface area contributed by atoms with Gasteiger partial charge in [-0.1, -0.05) is 12.1 Å². The summed E-state index contributed by atoms with van der Waals surface area (Å²) in [6, 6.07) is 10.4. The van der Waals surface area contributed by atoms with Crippen LogP contribution in [0.25, 0.3) is 11.3 Å². The molecule has 1 saturated heterocycles. The molecule has 0 radical (unpaired) electrons. The van der Waals surface area contributed by atoms with Crippen LogP contribution in [0.2, 0.25) is 0 Å². The standard InChI is InChI=1S/C19H22N4O3/c1-3-20-18(24)16-5-4-12-23(16)19(25)14-8-6-13(7-9-14)15-10-11-17(26-2)22-21-15/h6-11,16H,3-5,12H2,1-2H3,(H,20,24)/t16-/m0/s1. The van der Waals surface area contributed by atoms with E-state index in [4.69, 9.17) is 4.74 Å². The second-order valence-corrected chi connectivity index (χ2v) is 6.09. The molecule has 7 nitrogen and oxygen atoms in total. The quantitative estimate of drug-likeness (QED) is 0.886. The molecule has 1 aromatic carbocycles. The fourth-order valence-electron chi connectivity index (χ4n) is 3.11. The molecule has 3 rings (SSSR count). The predicted molar refractivity (Wildman–Crippen MR) is 96.8 cm³/mol. The molecule has 1 atom stereocenters. The third-order valence-electron chi connectivity index (χ3n) is 4.44. The molecule has 1 N–H and O–H groups in total. The van der Waals surface area contributed by atoms with E-state index in [0.717, 1.165) is 12.0 Å². The molecule has 1 aliphatic rings. The molecule has 1 aliphatic heterocycles. The van der Waals surface area contributed by atoms with Crippen molar-refractivity contribution in [3.8, 4) is 17.1 Å². The SMILES string of the molecule is CCNC(=O)[C@@H]1CCCN1C(=O)c1ccc(-c2ccc(OC)nn2)cc1.